The van der Waals surface area contributed by atoms with Crippen molar-refractivity contribution < 1.29 is 42.3 Å². The van der Waals surface area contributed by atoms with Crippen LogP contribution in [0.1, 0.15) is 0 Å². The number of aliphatic imine (C=N–C) groups is 1. The summed E-state index contributed by atoms with van der Waals surface area (Å²) in [4.78, 5) is 6.56. The number of allylic oxidation sites excluding steroid dienone is 2. The summed E-state index contributed by atoms with van der Waals surface area (Å²) in [7, 11) is 4.89. The van der Waals surface area contributed by atoms with Crippen LogP contribution < -0.4 is 14.4 Å². The summed E-state index contributed by atoms with van der Waals surface area (Å²) in [5.74, 6) is 0.491. The van der Waals surface area contributed by atoms with Crippen molar-refractivity contribution >= 4 is 17.1 Å². The van der Waals surface area contributed by atoms with Crippen LogP contribution in [0.25, 0.3) is 0 Å². The van der Waals surface area contributed by atoms with Gasteiger partial charge in [0, 0.05) is 33.4 Å². The molecule has 1 heterocycles. The van der Waals surface area contributed by atoms with Crippen LogP contribution in [0.5, 0.6) is 11.5 Å². The minimum absolute atomic E-state index is 0.000950. The lowest BCUT2D eigenvalue weighted by molar-refractivity contribution is -0.148. The molecule has 3 rings (SSSR count). The van der Waals surface area contributed by atoms with Crippen LogP contribution in [0.2, 0.25) is 0 Å². The van der Waals surface area contributed by atoms with E-state index < -0.39 is 0 Å². The van der Waals surface area contributed by atoms with Gasteiger partial charge in [-0.1, -0.05) is 0 Å². The highest BCUT2D eigenvalue weighted by Gasteiger charge is 2.29. The van der Waals surface area contributed by atoms with Gasteiger partial charge >= 0.3 is 0 Å². The Morgan fingerprint density at radius 1 is 0.844 bits per heavy atom. The number of fused-ring (bicyclic) bond motifs is 2. The van der Waals surface area contributed by atoms with E-state index in [4.69, 9.17) is 37.9 Å². The first-order valence-corrected chi connectivity index (χ1v) is 9.73. The molecule has 1 aromatic carbocycles. The van der Waals surface area contributed by atoms with Crippen molar-refractivity contribution in [2.24, 2.45) is 4.99 Å². The number of likely N-dealkylation sites (N-methyl/N-ethyl adjacent to an activating group) is 1. The second kappa shape index (κ2) is 12.5. The van der Waals surface area contributed by atoms with Gasteiger partial charge in [-0.3, -0.25) is 0 Å². The average molecular weight is 454 g/mol. The smallest absolute Gasteiger partial charge is 0.191 e. The standard InChI is InChI=1S/C21H27FN2O8/c1-24-18-6-15(22)4-5-16(18)23-17-7-20(31-13-29-11-27-9-25-2)21(8-19(17)24)32-14-30-12-28-10-26-3/h4-8,18H,9-14H2,1-3H3. The molecule has 1 unspecified atom stereocenters. The van der Waals surface area contributed by atoms with E-state index in [9.17, 15) is 4.39 Å². The van der Waals surface area contributed by atoms with Crippen molar-refractivity contribution in [2.45, 2.75) is 6.04 Å². The minimum Gasteiger partial charge on any atom is -0.463 e. The van der Waals surface area contributed by atoms with Gasteiger partial charge in [-0.2, -0.15) is 0 Å². The molecule has 0 radical (unpaired) electrons. The highest BCUT2D eigenvalue weighted by atomic mass is 19.1. The van der Waals surface area contributed by atoms with Crippen LogP contribution in [-0.4, -0.2) is 73.8 Å². The Labute approximate surface area is 185 Å². The van der Waals surface area contributed by atoms with Gasteiger partial charge in [0.2, 0.25) is 0 Å². The molecule has 0 saturated carbocycles. The van der Waals surface area contributed by atoms with Gasteiger partial charge in [0.25, 0.3) is 0 Å². The number of hydrogen-bond donors (Lipinski definition) is 0. The fourth-order valence-corrected chi connectivity index (χ4v) is 3.02. The topological polar surface area (TPSA) is 89.4 Å². The van der Waals surface area contributed by atoms with Gasteiger partial charge in [-0.15, -0.1) is 0 Å². The molecule has 1 aromatic rings. The molecule has 1 aliphatic heterocycles. The molecule has 176 valence electrons. The van der Waals surface area contributed by atoms with Gasteiger partial charge in [-0.25, -0.2) is 9.38 Å². The maximum Gasteiger partial charge on any atom is 0.191 e. The first-order chi connectivity index (χ1) is 15.6. The van der Waals surface area contributed by atoms with E-state index in [2.05, 4.69) is 4.99 Å². The van der Waals surface area contributed by atoms with Gasteiger partial charge < -0.3 is 42.8 Å². The van der Waals surface area contributed by atoms with E-state index in [1.165, 1.54) is 26.4 Å². The summed E-state index contributed by atoms with van der Waals surface area (Å²) in [6, 6.07) is 3.18. The first kappa shape index (κ1) is 24.1. The van der Waals surface area contributed by atoms with Crippen LogP contribution in [0.3, 0.4) is 0 Å². The lowest BCUT2D eigenvalue weighted by atomic mass is 10.0. The summed E-state index contributed by atoms with van der Waals surface area (Å²) < 4.78 is 55.5. The number of rotatable bonds is 14. The Balaban J connectivity index is 1.73. The number of anilines is 1. The molecule has 32 heavy (non-hydrogen) atoms. The second-order valence-corrected chi connectivity index (χ2v) is 6.65. The van der Waals surface area contributed by atoms with E-state index in [0.717, 1.165) is 11.4 Å². The van der Waals surface area contributed by atoms with E-state index in [1.807, 2.05) is 11.9 Å². The summed E-state index contributed by atoms with van der Waals surface area (Å²) >= 11 is 0. The van der Waals surface area contributed by atoms with Gasteiger partial charge in [-0.05, 0) is 18.2 Å². The van der Waals surface area contributed by atoms with Crippen LogP contribution in [-0.2, 0) is 28.4 Å². The third-order valence-electron chi connectivity index (χ3n) is 4.45. The Hall–Kier alpha value is -2.54. The normalized spacial score (nSPS) is 16.9. The predicted molar refractivity (Wildman–Crippen MR) is 113 cm³/mol. The van der Waals surface area contributed by atoms with Gasteiger partial charge in [0.1, 0.15) is 19.4 Å². The number of halogens is 1. The number of hydrogen-bond acceptors (Lipinski definition) is 10. The maximum atomic E-state index is 13.8. The zero-order valence-corrected chi connectivity index (χ0v) is 18.2. The second-order valence-electron chi connectivity index (χ2n) is 6.65. The Kier molecular flexibility index (Phi) is 9.41. The van der Waals surface area contributed by atoms with Crippen molar-refractivity contribution in [3.8, 4) is 11.5 Å². The first-order valence-electron chi connectivity index (χ1n) is 9.73. The van der Waals surface area contributed by atoms with Gasteiger partial charge in [0.05, 0.1) is 23.1 Å². The highest BCUT2D eigenvalue weighted by molar-refractivity contribution is 6.08. The van der Waals surface area contributed by atoms with Crippen molar-refractivity contribution in [3.63, 3.8) is 0 Å². The van der Waals surface area contributed by atoms with E-state index in [0.29, 0.717) is 17.2 Å². The summed E-state index contributed by atoms with van der Waals surface area (Å²) in [5, 5.41) is 0. The molecular weight excluding hydrogens is 427 g/mol. The largest absolute Gasteiger partial charge is 0.463 e. The molecule has 0 spiro atoms. The number of benzene rings is 1. The third kappa shape index (κ3) is 6.48. The lowest BCUT2D eigenvalue weighted by Gasteiger charge is -2.34. The van der Waals surface area contributed by atoms with Crippen molar-refractivity contribution in [1.29, 1.82) is 0 Å². The lowest BCUT2D eigenvalue weighted by Crippen LogP contribution is -2.39. The molecule has 1 aliphatic carbocycles. The predicted octanol–water partition coefficient (Wildman–Crippen LogP) is 2.86. The van der Waals surface area contributed by atoms with Crippen molar-refractivity contribution in [3.05, 3.63) is 36.2 Å². The summed E-state index contributed by atoms with van der Waals surface area (Å²) in [5.41, 5.74) is 2.13. The molecule has 0 saturated heterocycles. The molecule has 0 bridgehead atoms. The van der Waals surface area contributed by atoms with E-state index in [1.54, 1.807) is 18.2 Å². The van der Waals surface area contributed by atoms with Gasteiger partial charge in [0.15, 0.2) is 38.7 Å². The zero-order valence-electron chi connectivity index (χ0n) is 18.2. The van der Waals surface area contributed by atoms with Crippen molar-refractivity contribution in [2.75, 3.05) is 66.9 Å². The molecule has 1 atom stereocenters. The average Bonchev–Trinajstić information content (AvgIpc) is 2.79. The van der Waals surface area contributed by atoms with Crippen LogP contribution in [0.4, 0.5) is 15.8 Å². The van der Waals surface area contributed by atoms with Crippen LogP contribution in [0, 0.1) is 0 Å². The van der Waals surface area contributed by atoms with Crippen molar-refractivity contribution in [1.82, 2.24) is 0 Å². The Bertz CT molecular complexity index is 845. The fraction of sp³-hybridized carbons (Fsp3) is 0.476. The molecule has 0 N–H and O–H groups in total. The molecule has 2 aliphatic rings. The van der Waals surface area contributed by atoms with E-state index in [-0.39, 0.29) is 52.6 Å². The zero-order chi connectivity index (χ0) is 22.8. The molecule has 0 fully saturated rings. The molecule has 11 heteroatoms. The third-order valence-corrected chi connectivity index (χ3v) is 4.45. The monoisotopic (exact) mass is 454 g/mol. The van der Waals surface area contributed by atoms with Crippen LogP contribution in [0.15, 0.2) is 41.2 Å². The summed E-state index contributed by atoms with van der Waals surface area (Å²) in [6.45, 7) is 0.0599. The molecular formula is C21H27FN2O8. The molecule has 0 amide bonds. The number of methoxy groups -OCH3 is 2. The molecule has 0 aromatic heterocycles. The van der Waals surface area contributed by atoms with Crippen LogP contribution >= 0.6 is 0 Å². The number of ether oxygens (including phenoxy) is 8. The quantitative estimate of drug-likeness (QED) is 0.311. The fourth-order valence-electron chi connectivity index (χ4n) is 3.02. The Morgan fingerprint density at radius 2 is 1.44 bits per heavy atom. The Morgan fingerprint density at radius 3 is 2.06 bits per heavy atom. The highest BCUT2D eigenvalue weighted by Crippen LogP contribution is 2.43. The minimum atomic E-state index is -0.313. The molecule has 10 nitrogen and oxygen atoms in total. The summed E-state index contributed by atoms with van der Waals surface area (Å²) in [6.07, 6.45) is 4.56. The van der Waals surface area contributed by atoms with E-state index >= 15 is 0 Å². The SMILES string of the molecule is COCOCOCOc1cc2c(cc1OCOCOCOC)N(C)C1C=C(F)C=CC1=N2. The number of nitrogens with zero attached hydrogens (tertiary/aromatic N) is 2. The maximum absolute atomic E-state index is 13.8.